The van der Waals surface area contributed by atoms with Crippen LogP contribution in [0.25, 0.3) is 0 Å². The minimum atomic E-state index is -3.85. The molecule has 0 unspecified atom stereocenters. The first-order valence-electron chi connectivity index (χ1n) is 8.17. The largest absolute Gasteiger partial charge is 0.296 e. The number of hydrogen-bond donors (Lipinski definition) is 2. The molecule has 2 aromatic carbocycles. The highest BCUT2D eigenvalue weighted by molar-refractivity contribution is 8.00. The van der Waals surface area contributed by atoms with Crippen molar-refractivity contribution in [3.05, 3.63) is 59.2 Å². The van der Waals surface area contributed by atoms with Crippen molar-refractivity contribution in [2.75, 3.05) is 16.3 Å². The summed E-state index contributed by atoms with van der Waals surface area (Å²) in [5.41, 5.74) is 2.16. The van der Waals surface area contributed by atoms with Gasteiger partial charge in [-0.2, -0.15) is 0 Å². The van der Waals surface area contributed by atoms with Crippen molar-refractivity contribution < 1.29 is 13.2 Å². The summed E-state index contributed by atoms with van der Waals surface area (Å²) in [7, 11) is -3.85. The van der Waals surface area contributed by atoms with E-state index in [0.717, 1.165) is 9.90 Å². The molecule has 3 aromatic rings. The number of amides is 1. The molecule has 0 saturated carbocycles. The lowest BCUT2D eigenvalue weighted by molar-refractivity contribution is 0.102. The van der Waals surface area contributed by atoms with Crippen LogP contribution in [0.2, 0.25) is 0 Å². The van der Waals surface area contributed by atoms with Crippen LogP contribution in [0.5, 0.6) is 0 Å². The number of nitrogens with one attached hydrogen (secondary N) is 2. The predicted octanol–water partition coefficient (Wildman–Crippen LogP) is 3.93. The van der Waals surface area contributed by atoms with E-state index in [2.05, 4.69) is 20.2 Å². The second-order valence-corrected chi connectivity index (χ2v) is 9.67. The molecule has 2 N–H and O–H groups in total. The van der Waals surface area contributed by atoms with Gasteiger partial charge in [-0.15, -0.1) is 10.2 Å². The van der Waals surface area contributed by atoms with Crippen LogP contribution in [-0.4, -0.2) is 30.8 Å². The fourth-order valence-corrected chi connectivity index (χ4v) is 4.95. The van der Waals surface area contributed by atoms with E-state index >= 15 is 0 Å². The van der Waals surface area contributed by atoms with Gasteiger partial charge in [-0.3, -0.25) is 14.8 Å². The lowest BCUT2D eigenvalue weighted by Crippen LogP contribution is -2.17. The van der Waals surface area contributed by atoms with Crippen molar-refractivity contribution in [3.8, 4) is 0 Å². The lowest BCUT2D eigenvalue weighted by atomic mass is 10.1. The third kappa shape index (κ3) is 4.70. The summed E-state index contributed by atoms with van der Waals surface area (Å²) in [6.45, 7) is 3.56. The number of aromatic nitrogens is 2. The second kappa shape index (κ2) is 8.29. The molecule has 0 atom stereocenters. The molecular formula is C18H18N4O3S3. The first-order valence-corrected chi connectivity index (χ1v) is 11.7. The number of sulfonamides is 1. The number of thioether (sulfide) groups is 1. The number of carbonyl (C=O) groups is 1. The third-order valence-corrected chi connectivity index (χ3v) is 7.15. The van der Waals surface area contributed by atoms with Crippen LogP contribution < -0.4 is 10.0 Å². The fraction of sp³-hybridized carbons (Fsp3) is 0.167. The Morgan fingerprint density at radius 3 is 2.57 bits per heavy atom. The average molecular weight is 435 g/mol. The number of benzene rings is 2. The molecule has 28 heavy (non-hydrogen) atoms. The molecule has 0 spiro atoms. The van der Waals surface area contributed by atoms with Crippen molar-refractivity contribution in [2.45, 2.75) is 23.1 Å². The standard InChI is InChI=1S/C18H18N4O3S3/c1-11-5-4-6-14(9-11)22-28(24,25)15-10-13(8-7-12(15)2)16(23)19-17-20-21-18(26-3)27-17/h4-10,22H,1-3H3,(H,19,20,23). The number of nitrogens with zero attached hydrogens (tertiary/aromatic N) is 2. The molecule has 0 bridgehead atoms. The SMILES string of the molecule is CSc1nnc(NC(=O)c2ccc(C)c(S(=O)(=O)Nc3cccc(C)c3)c2)s1. The molecule has 0 aliphatic rings. The van der Waals surface area contributed by atoms with Crippen molar-refractivity contribution in [2.24, 2.45) is 0 Å². The Kier molecular flexibility index (Phi) is 6.01. The molecule has 0 radical (unpaired) electrons. The van der Waals surface area contributed by atoms with Crippen molar-refractivity contribution in [1.29, 1.82) is 0 Å². The van der Waals surface area contributed by atoms with Gasteiger partial charge < -0.3 is 0 Å². The van der Waals surface area contributed by atoms with E-state index in [4.69, 9.17) is 0 Å². The Bertz CT molecular complexity index is 1130. The van der Waals surface area contributed by atoms with Gasteiger partial charge in [0.05, 0.1) is 4.90 Å². The molecule has 1 amide bonds. The van der Waals surface area contributed by atoms with E-state index in [-0.39, 0.29) is 10.5 Å². The summed E-state index contributed by atoms with van der Waals surface area (Å²) in [6.07, 6.45) is 1.87. The highest BCUT2D eigenvalue weighted by atomic mass is 32.2. The Balaban J connectivity index is 1.86. The molecular weight excluding hydrogens is 416 g/mol. The van der Waals surface area contributed by atoms with Gasteiger partial charge in [0.25, 0.3) is 15.9 Å². The smallest absolute Gasteiger partial charge is 0.262 e. The van der Waals surface area contributed by atoms with Crippen LogP contribution in [0.1, 0.15) is 21.5 Å². The van der Waals surface area contributed by atoms with Crippen molar-refractivity contribution >= 4 is 49.8 Å². The summed E-state index contributed by atoms with van der Waals surface area (Å²) in [4.78, 5) is 12.6. The highest BCUT2D eigenvalue weighted by Gasteiger charge is 2.20. The lowest BCUT2D eigenvalue weighted by Gasteiger charge is -2.12. The van der Waals surface area contributed by atoms with E-state index in [9.17, 15) is 13.2 Å². The summed E-state index contributed by atoms with van der Waals surface area (Å²) >= 11 is 2.68. The van der Waals surface area contributed by atoms with E-state index in [1.54, 1.807) is 37.3 Å². The van der Waals surface area contributed by atoms with Crippen LogP contribution in [0.15, 0.2) is 51.7 Å². The summed E-state index contributed by atoms with van der Waals surface area (Å²) in [5, 5.41) is 10.8. The molecule has 1 aromatic heterocycles. The summed E-state index contributed by atoms with van der Waals surface area (Å²) < 4.78 is 29.0. The number of aryl methyl sites for hydroxylation is 2. The van der Waals surface area contributed by atoms with Crippen molar-refractivity contribution in [3.63, 3.8) is 0 Å². The van der Waals surface area contributed by atoms with E-state index in [1.165, 1.54) is 29.2 Å². The molecule has 7 nitrogen and oxygen atoms in total. The summed E-state index contributed by atoms with van der Waals surface area (Å²) in [5.74, 6) is -0.448. The van der Waals surface area contributed by atoms with Crippen LogP contribution >= 0.6 is 23.1 Å². The molecule has 0 fully saturated rings. The zero-order valence-electron chi connectivity index (χ0n) is 15.4. The normalized spacial score (nSPS) is 11.2. The molecule has 0 aliphatic carbocycles. The third-order valence-electron chi connectivity index (χ3n) is 3.81. The van der Waals surface area contributed by atoms with Crippen LogP contribution in [0, 0.1) is 13.8 Å². The minimum Gasteiger partial charge on any atom is -0.296 e. The van der Waals surface area contributed by atoms with Gasteiger partial charge in [-0.05, 0) is 55.5 Å². The Hall–Kier alpha value is -2.43. The Morgan fingerprint density at radius 2 is 1.89 bits per heavy atom. The number of rotatable bonds is 6. The first-order chi connectivity index (χ1) is 13.3. The molecule has 0 saturated heterocycles. The fourth-order valence-electron chi connectivity index (χ4n) is 2.46. The number of hydrogen-bond acceptors (Lipinski definition) is 7. The van der Waals surface area contributed by atoms with Crippen LogP contribution in [0.4, 0.5) is 10.8 Å². The van der Waals surface area contributed by atoms with E-state index in [0.29, 0.717) is 16.4 Å². The first kappa shape index (κ1) is 20.3. The minimum absolute atomic E-state index is 0.0451. The number of anilines is 2. The van der Waals surface area contributed by atoms with E-state index in [1.807, 2.05) is 19.2 Å². The van der Waals surface area contributed by atoms with Gasteiger partial charge >= 0.3 is 0 Å². The molecule has 3 rings (SSSR count). The maximum atomic E-state index is 12.8. The molecule has 0 aliphatic heterocycles. The topological polar surface area (TPSA) is 101 Å². The predicted molar refractivity (Wildman–Crippen MR) is 113 cm³/mol. The average Bonchev–Trinajstić information content (AvgIpc) is 3.09. The zero-order valence-corrected chi connectivity index (χ0v) is 17.8. The molecule has 10 heteroatoms. The van der Waals surface area contributed by atoms with Gasteiger partial charge in [-0.1, -0.05) is 41.3 Å². The van der Waals surface area contributed by atoms with Gasteiger partial charge in [-0.25, -0.2) is 8.42 Å². The monoisotopic (exact) mass is 434 g/mol. The maximum absolute atomic E-state index is 12.8. The maximum Gasteiger partial charge on any atom is 0.262 e. The van der Waals surface area contributed by atoms with Crippen LogP contribution in [0.3, 0.4) is 0 Å². The van der Waals surface area contributed by atoms with Gasteiger partial charge in [0.1, 0.15) is 0 Å². The highest BCUT2D eigenvalue weighted by Crippen LogP contribution is 2.25. The van der Waals surface area contributed by atoms with Gasteiger partial charge in [0, 0.05) is 11.3 Å². The number of carbonyl (C=O) groups excluding carboxylic acids is 1. The second-order valence-electron chi connectivity index (χ2n) is 5.99. The van der Waals surface area contributed by atoms with E-state index < -0.39 is 15.9 Å². The molecule has 146 valence electrons. The van der Waals surface area contributed by atoms with Gasteiger partial charge in [0.2, 0.25) is 5.13 Å². The Labute approximate surface area is 171 Å². The van der Waals surface area contributed by atoms with Gasteiger partial charge in [0.15, 0.2) is 4.34 Å². The zero-order chi connectivity index (χ0) is 20.3. The molecule has 1 heterocycles. The Morgan fingerprint density at radius 1 is 1.11 bits per heavy atom. The quantitative estimate of drug-likeness (QED) is 0.450. The van der Waals surface area contributed by atoms with Crippen molar-refractivity contribution in [1.82, 2.24) is 10.2 Å². The van der Waals surface area contributed by atoms with Crippen LogP contribution in [-0.2, 0) is 10.0 Å². The summed E-state index contributed by atoms with van der Waals surface area (Å²) in [6, 6.07) is 11.6.